The SMILES string of the molecule is Cc1cccc(C)c1NC(=O)CN(C)C(=O)C(C)C. The van der Waals surface area contributed by atoms with Crippen molar-refractivity contribution in [3.05, 3.63) is 29.3 Å². The summed E-state index contributed by atoms with van der Waals surface area (Å²) in [5, 5.41) is 2.87. The summed E-state index contributed by atoms with van der Waals surface area (Å²) in [6.07, 6.45) is 0. The Kier molecular flexibility index (Phi) is 5.10. The third-order valence-corrected chi connectivity index (χ3v) is 3.00. The molecule has 1 aromatic carbocycles. The van der Waals surface area contributed by atoms with Crippen LogP contribution in [0.15, 0.2) is 18.2 Å². The van der Waals surface area contributed by atoms with Crippen molar-refractivity contribution >= 4 is 17.5 Å². The average molecular weight is 262 g/mol. The largest absolute Gasteiger partial charge is 0.336 e. The van der Waals surface area contributed by atoms with Crippen LogP contribution in [0.5, 0.6) is 0 Å². The van der Waals surface area contributed by atoms with E-state index < -0.39 is 0 Å². The van der Waals surface area contributed by atoms with Gasteiger partial charge in [0.15, 0.2) is 0 Å². The van der Waals surface area contributed by atoms with Gasteiger partial charge in [-0.05, 0) is 25.0 Å². The predicted octanol–water partition coefficient (Wildman–Crippen LogP) is 2.36. The average Bonchev–Trinajstić information content (AvgIpc) is 2.32. The number of anilines is 1. The number of para-hydroxylation sites is 1. The zero-order chi connectivity index (χ0) is 14.6. The number of likely N-dealkylation sites (N-methyl/N-ethyl adjacent to an activating group) is 1. The van der Waals surface area contributed by atoms with Crippen LogP contribution in [0.4, 0.5) is 5.69 Å². The van der Waals surface area contributed by atoms with Crippen LogP contribution >= 0.6 is 0 Å². The second-order valence-corrected chi connectivity index (χ2v) is 5.16. The first-order valence-corrected chi connectivity index (χ1v) is 6.44. The van der Waals surface area contributed by atoms with Gasteiger partial charge in [-0.3, -0.25) is 9.59 Å². The molecule has 0 aliphatic heterocycles. The van der Waals surface area contributed by atoms with E-state index in [-0.39, 0.29) is 24.3 Å². The number of hydrogen-bond acceptors (Lipinski definition) is 2. The lowest BCUT2D eigenvalue weighted by atomic mass is 10.1. The summed E-state index contributed by atoms with van der Waals surface area (Å²) < 4.78 is 0. The second-order valence-electron chi connectivity index (χ2n) is 5.16. The zero-order valence-corrected chi connectivity index (χ0v) is 12.3. The highest BCUT2D eigenvalue weighted by molar-refractivity contribution is 5.95. The van der Waals surface area contributed by atoms with Crippen molar-refractivity contribution in [2.24, 2.45) is 5.92 Å². The van der Waals surface area contributed by atoms with Gasteiger partial charge in [-0.1, -0.05) is 32.0 Å². The van der Waals surface area contributed by atoms with Crippen molar-refractivity contribution < 1.29 is 9.59 Å². The van der Waals surface area contributed by atoms with Gasteiger partial charge in [-0.25, -0.2) is 0 Å². The first-order chi connectivity index (χ1) is 8.82. The van der Waals surface area contributed by atoms with Crippen molar-refractivity contribution in [1.29, 1.82) is 0 Å². The van der Waals surface area contributed by atoms with Gasteiger partial charge in [0.1, 0.15) is 0 Å². The van der Waals surface area contributed by atoms with E-state index >= 15 is 0 Å². The van der Waals surface area contributed by atoms with Gasteiger partial charge in [0.25, 0.3) is 0 Å². The maximum atomic E-state index is 11.9. The second kappa shape index (κ2) is 6.36. The Morgan fingerprint density at radius 3 is 2.21 bits per heavy atom. The molecule has 0 aliphatic rings. The number of hydrogen-bond donors (Lipinski definition) is 1. The molecule has 4 heteroatoms. The molecule has 4 nitrogen and oxygen atoms in total. The third kappa shape index (κ3) is 4.09. The van der Waals surface area contributed by atoms with Crippen LogP contribution in [0.3, 0.4) is 0 Å². The molecule has 0 bridgehead atoms. The summed E-state index contributed by atoms with van der Waals surface area (Å²) in [6.45, 7) is 7.62. The van der Waals surface area contributed by atoms with Crippen LogP contribution in [-0.4, -0.2) is 30.3 Å². The van der Waals surface area contributed by atoms with Gasteiger partial charge >= 0.3 is 0 Å². The molecule has 0 aliphatic carbocycles. The molecule has 0 aromatic heterocycles. The highest BCUT2D eigenvalue weighted by atomic mass is 16.2. The Hall–Kier alpha value is -1.84. The molecule has 104 valence electrons. The summed E-state index contributed by atoms with van der Waals surface area (Å²) in [6, 6.07) is 5.85. The van der Waals surface area contributed by atoms with E-state index in [9.17, 15) is 9.59 Å². The van der Waals surface area contributed by atoms with Gasteiger partial charge in [0, 0.05) is 18.7 Å². The van der Waals surface area contributed by atoms with Crippen LogP contribution in [0, 0.1) is 19.8 Å². The topological polar surface area (TPSA) is 49.4 Å². The molecule has 0 atom stereocenters. The van der Waals surface area contributed by atoms with Gasteiger partial charge in [0.05, 0.1) is 6.54 Å². The van der Waals surface area contributed by atoms with Crippen LogP contribution in [0.25, 0.3) is 0 Å². The maximum Gasteiger partial charge on any atom is 0.243 e. The molecule has 1 N–H and O–H groups in total. The van der Waals surface area contributed by atoms with E-state index in [4.69, 9.17) is 0 Å². The number of carbonyl (C=O) groups excluding carboxylic acids is 2. The quantitative estimate of drug-likeness (QED) is 0.905. The summed E-state index contributed by atoms with van der Waals surface area (Å²) in [7, 11) is 1.65. The summed E-state index contributed by atoms with van der Waals surface area (Å²) in [5.41, 5.74) is 2.87. The molecule has 0 spiro atoms. The molecule has 19 heavy (non-hydrogen) atoms. The van der Waals surface area contributed by atoms with Gasteiger partial charge < -0.3 is 10.2 Å². The molecule has 2 amide bonds. The standard InChI is InChI=1S/C15H22N2O2/c1-10(2)15(19)17(5)9-13(18)16-14-11(3)7-6-8-12(14)4/h6-8,10H,9H2,1-5H3,(H,16,18). The minimum Gasteiger partial charge on any atom is -0.336 e. The summed E-state index contributed by atoms with van der Waals surface area (Å²) >= 11 is 0. The fraction of sp³-hybridized carbons (Fsp3) is 0.467. The normalized spacial score (nSPS) is 10.4. The van der Waals surface area contributed by atoms with E-state index in [1.165, 1.54) is 4.90 Å². The summed E-state index contributed by atoms with van der Waals surface area (Å²) in [4.78, 5) is 25.1. The van der Waals surface area contributed by atoms with E-state index in [1.807, 2.05) is 45.9 Å². The zero-order valence-electron chi connectivity index (χ0n) is 12.3. The molecular formula is C15H22N2O2. The molecular weight excluding hydrogens is 240 g/mol. The smallest absolute Gasteiger partial charge is 0.243 e. The van der Waals surface area contributed by atoms with E-state index in [0.29, 0.717) is 0 Å². The highest BCUT2D eigenvalue weighted by Crippen LogP contribution is 2.19. The predicted molar refractivity (Wildman–Crippen MR) is 77.0 cm³/mol. The number of carbonyl (C=O) groups is 2. The van der Waals surface area contributed by atoms with Crippen LogP contribution in [-0.2, 0) is 9.59 Å². The van der Waals surface area contributed by atoms with Crippen molar-refractivity contribution in [2.45, 2.75) is 27.7 Å². The number of benzene rings is 1. The lowest BCUT2D eigenvalue weighted by Gasteiger charge is -2.19. The number of nitrogens with zero attached hydrogens (tertiary/aromatic N) is 1. The van der Waals surface area contributed by atoms with E-state index in [2.05, 4.69) is 5.32 Å². The Morgan fingerprint density at radius 2 is 1.74 bits per heavy atom. The van der Waals surface area contributed by atoms with Crippen molar-refractivity contribution in [3.63, 3.8) is 0 Å². The fourth-order valence-electron chi connectivity index (χ4n) is 1.92. The monoisotopic (exact) mass is 262 g/mol. The van der Waals surface area contributed by atoms with Crippen LogP contribution < -0.4 is 5.32 Å². The Morgan fingerprint density at radius 1 is 1.21 bits per heavy atom. The van der Waals surface area contributed by atoms with Crippen LogP contribution in [0.1, 0.15) is 25.0 Å². The number of aryl methyl sites for hydroxylation is 2. The van der Waals surface area contributed by atoms with Gasteiger partial charge in [-0.2, -0.15) is 0 Å². The molecule has 1 rings (SSSR count). The molecule has 0 radical (unpaired) electrons. The van der Waals surface area contributed by atoms with E-state index in [1.54, 1.807) is 7.05 Å². The highest BCUT2D eigenvalue weighted by Gasteiger charge is 2.16. The minimum absolute atomic E-state index is 0.0309. The Bertz CT molecular complexity index is 461. The van der Waals surface area contributed by atoms with Gasteiger partial charge in [-0.15, -0.1) is 0 Å². The third-order valence-electron chi connectivity index (χ3n) is 3.00. The van der Waals surface area contributed by atoms with Crippen molar-refractivity contribution in [1.82, 2.24) is 4.90 Å². The number of nitrogens with one attached hydrogen (secondary N) is 1. The molecule has 0 heterocycles. The molecule has 1 aromatic rings. The Labute approximate surface area is 114 Å². The maximum absolute atomic E-state index is 11.9. The lowest BCUT2D eigenvalue weighted by molar-refractivity contribution is -0.136. The van der Waals surface area contributed by atoms with Crippen molar-refractivity contribution in [2.75, 3.05) is 18.9 Å². The first kappa shape index (κ1) is 15.2. The lowest BCUT2D eigenvalue weighted by Crippen LogP contribution is -2.37. The first-order valence-electron chi connectivity index (χ1n) is 6.44. The number of rotatable bonds is 4. The van der Waals surface area contributed by atoms with Crippen molar-refractivity contribution in [3.8, 4) is 0 Å². The van der Waals surface area contributed by atoms with Gasteiger partial charge in [0.2, 0.25) is 11.8 Å². The Balaban J connectivity index is 2.68. The molecule has 0 unspecified atom stereocenters. The summed E-state index contributed by atoms with van der Waals surface area (Å²) in [5.74, 6) is -0.302. The molecule has 0 saturated heterocycles. The fourth-order valence-corrected chi connectivity index (χ4v) is 1.92. The van der Waals surface area contributed by atoms with E-state index in [0.717, 1.165) is 16.8 Å². The number of amides is 2. The minimum atomic E-state index is -0.172. The van der Waals surface area contributed by atoms with Crippen LogP contribution in [0.2, 0.25) is 0 Å². The molecule has 0 saturated carbocycles. The molecule has 0 fully saturated rings.